The van der Waals surface area contributed by atoms with Gasteiger partial charge in [-0.25, -0.2) is 0 Å². The van der Waals surface area contributed by atoms with E-state index in [1.807, 2.05) is 122 Å². The highest BCUT2D eigenvalue weighted by Crippen LogP contribution is 2.44. The standard InChI is InChI=1S/C76H92N4O6/c1-73(2,3)61-37-53-31-49-27-47(45-79(13)25-21-65-19-15-17-23-77-65)28-50(67(49)81)32-55-39-63(75(7,8)9)43-59(71(55)85)36-60-44-64(76(10,11)12)40-56(72(60)86)34-52-30-48(46-80(14)26-22-66-20-16-18-24-78-66)29-51(68(52)82)33-54-38-62(74(4,5)6)42-58(70(54)84)35-57(41-61)69(53)83/h15-20,23-24,27-30,37-44,81-86H,21-22,25-26,31-36,45-46H2,1-14H3. The maximum absolute atomic E-state index is 12.7. The summed E-state index contributed by atoms with van der Waals surface area (Å²) >= 11 is 0. The molecular formula is C76H92N4O6. The molecule has 0 saturated heterocycles. The summed E-state index contributed by atoms with van der Waals surface area (Å²) in [5, 5.41) is 76.3. The van der Waals surface area contributed by atoms with Crippen LogP contribution in [0.25, 0.3) is 0 Å². The van der Waals surface area contributed by atoms with Crippen molar-refractivity contribution >= 4 is 0 Å². The Hall–Kier alpha value is -7.66. The van der Waals surface area contributed by atoms with Gasteiger partial charge in [0.25, 0.3) is 0 Å². The summed E-state index contributed by atoms with van der Waals surface area (Å²) in [6.07, 6.45) is 6.38. The lowest BCUT2D eigenvalue weighted by Gasteiger charge is -2.26. The molecule has 6 aromatic carbocycles. The molecule has 8 aromatic rings. The molecule has 0 unspecified atom stereocenters. The molecule has 9 rings (SSSR count). The number of phenolic OH excluding ortho intramolecular Hbond substituents is 6. The third kappa shape index (κ3) is 14.9. The van der Waals surface area contributed by atoms with Gasteiger partial charge in [-0.05, 0) is 160 Å². The second kappa shape index (κ2) is 25.0. The minimum atomic E-state index is -0.336. The van der Waals surface area contributed by atoms with E-state index in [4.69, 9.17) is 0 Å². The van der Waals surface area contributed by atoms with E-state index in [-0.39, 0.29) is 94.7 Å². The molecule has 0 atom stereocenters. The molecule has 0 amide bonds. The van der Waals surface area contributed by atoms with E-state index in [1.54, 1.807) is 0 Å². The first-order valence-corrected chi connectivity index (χ1v) is 30.6. The summed E-state index contributed by atoms with van der Waals surface area (Å²) in [7, 11) is 4.17. The van der Waals surface area contributed by atoms with E-state index >= 15 is 0 Å². The van der Waals surface area contributed by atoms with Crippen LogP contribution in [0.15, 0.2) is 122 Å². The lowest BCUT2D eigenvalue weighted by Crippen LogP contribution is -2.21. The molecule has 2 heterocycles. The van der Waals surface area contributed by atoms with E-state index < -0.39 is 0 Å². The van der Waals surface area contributed by atoms with Gasteiger partial charge in [-0.15, -0.1) is 0 Å². The maximum atomic E-state index is 12.7. The van der Waals surface area contributed by atoms with E-state index in [9.17, 15) is 30.6 Å². The van der Waals surface area contributed by atoms with Gasteiger partial charge < -0.3 is 40.4 Å². The van der Waals surface area contributed by atoms with Crippen LogP contribution in [0.5, 0.6) is 34.5 Å². The highest BCUT2D eigenvalue weighted by molar-refractivity contribution is 5.60. The third-order valence-corrected chi connectivity index (χ3v) is 17.3. The van der Waals surface area contributed by atoms with Crippen molar-refractivity contribution in [2.24, 2.45) is 0 Å². The van der Waals surface area contributed by atoms with Crippen molar-refractivity contribution in [3.05, 3.63) is 233 Å². The minimum Gasteiger partial charge on any atom is -0.507 e. The molecule has 10 nitrogen and oxygen atoms in total. The van der Waals surface area contributed by atoms with Crippen LogP contribution in [0.1, 0.15) is 195 Å². The highest BCUT2D eigenvalue weighted by atomic mass is 16.3. The van der Waals surface area contributed by atoms with E-state index in [0.29, 0.717) is 79.9 Å². The van der Waals surface area contributed by atoms with E-state index in [2.05, 4.69) is 117 Å². The minimum absolute atomic E-state index is 0.0923. The van der Waals surface area contributed by atoms with Gasteiger partial charge in [0.15, 0.2) is 0 Å². The molecule has 1 aliphatic carbocycles. The van der Waals surface area contributed by atoms with Crippen LogP contribution in [-0.4, -0.2) is 77.6 Å². The van der Waals surface area contributed by atoms with Crippen molar-refractivity contribution < 1.29 is 30.6 Å². The predicted octanol–water partition coefficient (Wildman–Crippen LogP) is 15.1. The molecule has 0 spiro atoms. The molecule has 0 aliphatic heterocycles. The van der Waals surface area contributed by atoms with Crippen LogP contribution in [0.2, 0.25) is 0 Å². The zero-order valence-corrected chi connectivity index (χ0v) is 53.5. The summed E-state index contributed by atoms with van der Waals surface area (Å²) in [5.41, 5.74) is 14.3. The molecule has 0 fully saturated rings. The lowest BCUT2D eigenvalue weighted by molar-refractivity contribution is 0.329. The molecule has 12 bridgehead atoms. The summed E-state index contributed by atoms with van der Waals surface area (Å²) < 4.78 is 0. The Morgan fingerprint density at radius 3 is 0.721 bits per heavy atom. The van der Waals surface area contributed by atoms with Gasteiger partial charge in [0, 0.05) is 101 Å². The molecular weight excluding hydrogens is 1060 g/mol. The van der Waals surface area contributed by atoms with Crippen LogP contribution in [0.4, 0.5) is 0 Å². The Bertz CT molecular complexity index is 3320. The molecule has 0 radical (unpaired) electrons. The number of pyridine rings is 2. The number of phenols is 6. The van der Waals surface area contributed by atoms with Gasteiger partial charge >= 0.3 is 0 Å². The zero-order valence-electron chi connectivity index (χ0n) is 53.5. The van der Waals surface area contributed by atoms with Crippen molar-refractivity contribution in [1.82, 2.24) is 19.8 Å². The van der Waals surface area contributed by atoms with Crippen molar-refractivity contribution in [1.29, 1.82) is 0 Å². The molecule has 2 aromatic heterocycles. The summed E-state index contributed by atoms with van der Waals surface area (Å²) in [5.74, 6) is 0.562. The van der Waals surface area contributed by atoms with Crippen LogP contribution in [0.3, 0.4) is 0 Å². The van der Waals surface area contributed by atoms with Gasteiger partial charge in [0.1, 0.15) is 34.5 Å². The first-order chi connectivity index (χ1) is 40.4. The van der Waals surface area contributed by atoms with Crippen molar-refractivity contribution in [2.45, 2.75) is 169 Å². The summed E-state index contributed by atoms with van der Waals surface area (Å²) in [4.78, 5) is 13.6. The van der Waals surface area contributed by atoms with Crippen LogP contribution < -0.4 is 0 Å². The van der Waals surface area contributed by atoms with Gasteiger partial charge in [0.05, 0.1) is 0 Å². The number of hydrogen-bond donors (Lipinski definition) is 6. The smallest absolute Gasteiger partial charge is 0.122 e. The largest absolute Gasteiger partial charge is 0.507 e. The summed E-state index contributed by atoms with van der Waals surface area (Å²) in [6.45, 7) is 28.4. The first-order valence-electron chi connectivity index (χ1n) is 30.6. The Labute approximate surface area is 511 Å². The van der Waals surface area contributed by atoms with Gasteiger partial charge in [-0.2, -0.15) is 0 Å². The number of likely N-dealkylation sites (N-methyl/N-ethyl adjacent to an activating group) is 2. The zero-order chi connectivity index (χ0) is 62.2. The fourth-order valence-corrected chi connectivity index (χ4v) is 12.0. The number of hydrogen-bond acceptors (Lipinski definition) is 10. The van der Waals surface area contributed by atoms with Crippen molar-refractivity contribution in [3.63, 3.8) is 0 Å². The van der Waals surface area contributed by atoms with Crippen LogP contribution in [0, 0.1) is 0 Å². The first kappa shape index (κ1) is 62.9. The number of rotatable bonds is 10. The fraction of sp³-hybridized carbons (Fsp3) is 0.395. The average molecular weight is 1160 g/mol. The quantitative estimate of drug-likeness (QED) is 0.0780. The number of aromatic nitrogens is 2. The fourth-order valence-electron chi connectivity index (χ4n) is 12.0. The Balaban J connectivity index is 1.27. The van der Waals surface area contributed by atoms with Gasteiger partial charge in [-0.1, -0.05) is 168 Å². The monoisotopic (exact) mass is 1160 g/mol. The Morgan fingerprint density at radius 2 is 0.535 bits per heavy atom. The predicted molar refractivity (Wildman–Crippen MR) is 349 cm³/mol. The van der Waals surface area contributed by atoms with Gasteiger partial charge in [-0.3, -0.25) is 9.97 Å². The third-order valence-electron chi connectivity index (χ3n) is 17.3. The van der Waals surface area contributed by atoms with Gasteiger partial charge in [0.2, 0.25) is 0 Å². The Kier molecular flexibility index (Phi) is 18.3. The number of aromatic hydroxyl groups is 6. The second-order valence-electron chi connectivity index (χ2n) is 28.8. The number of fused-ring (bicyclic) bond motifs is 12. The SMILES string of the molecule is CN(CCc1ccccn1)Cc1cc2c(O)c(c1)Cc1cc(C(C)(C)C)cc(c1O)Cc1cc(C(C)(C)C)cc(c1O)Cc1cc(CN(C)CCc3ccccn3)cc(c1O)Cc1cc(C(C)(C)C)cc(c1O)Cc1cc(C(C)(C)C)cc(c1O)C2. The lowest BCUT2D eigenvalue weighted by atomic mass is 9.80. The highest BCUT2D eigenvalue weighted by Gasteiger charge is 2.28. The van der Waals surface area contributed by atoms with Crippen molar-refractivity contribution in [2.75, 3.05) is 27.2 Å². The molecule has 86 heavy (non-hydrogen) atoms. The van der Waals surface area contributed by atoms with Crippen LogP contribution in [-0.2, 0) is 86.1 Å². The molecule has 452 valence electrons. The molecule has 10 heteroatoms. The van der Waals surface area contributed by atoms with Crippen molar-refractivity contribution in [3.8, 4) is 34.5 Å². The normalized spacial score (nSPS) is 13.5. The van der Waals surface area contributed by atoms with E-state index in [1.165, 1.54) is 0 Å². The second-order valence-corrected chi connectivity index (χ2v) is 28.8. The Morgan fingerprint density at radius 1 is 0.326 bits per heavy atom. The average Bonchev–Trinajstić information content (AvgIpc) is 1.07. The molecule has 6 N–H and O–H groups in total. The molecule has 1 aliphatic rings. The number of nitrogens with zero attached hydrogens (tertiary/aromatic N) is 4. The number of benzene rings is 6. The van der Waals surface area contributed by atoms with Crippen LogP contribution >= 0.6 is 0 Å². The summed E-state index contributed by atoms with van der Waals surface area (Å²) in [6, 6.07) is 36.5. The molecule has 0 saturated carbocycles. The van der Waals surface area contributed by atoms with E-state index in [0.717, 1.165) is 70.7 Å². The topological polar surface area (TPSA) is 154 Å². The maximum Gasteiger partial charge on any atom is 0.122 e.